The summed E-state index contributed by atoms with van der Waals surface area (Å²) in [5, 5.41) is 2.78. The largest absolute Gasteiger partial charge is 0.465 e. The topological polar surface area (TPSA) is 98.8 Å². The molecule has 2 aromatic carbocycles. The maximum absolute atomic E-state index is 12.5. The summed E-state index contributed by atoms with van der Waals surface area (Å²) in [5.41, 5.74) is 1.32. The van der Waals surface area contributed by atoms with Gasteiger partial charge in [0.2, 0.25) is 5.91 Å². The zero-order valence-corrected chi connectivity index (χ0v) is 19.6. The van der Waals surface area contributed by atoms with Gasteiger partial charge in [-0.25, -0.2) is 9.59 Å². The lowest BCUT2D eigenvalue weighted by Gasteiger charge is -2.16. The van der Waals surface area contributed by atoms with Gasteiger partial charge in [-0.3, -0.25) is 9.59 Å². The van der Waals surface area contributed by atoms with E-state index in [9.17, 15) is 19.2 Å². The van der Waals surface area contributed by atoms with E-state index in [0.717, 1.165) is 5.56 Å². The molecule has 0 spiro atoms. The van der Waals surface area contributed by atoms with E-state index in [1.807, 2.05) is 6.92 Å². The van der Waals surface area contributed by atoms with Crippen LogP contribution in [0.2, 0.25) is 0 Å². The van der Waals surface area contributed by atoms with Gasteiger partial charge < -0.3 is 14.8 Å². The number of anilines is 1. The first kappa shape index (κ1) is 25.1. The maximum atomic E-state index is 12.5. The number of hydrogen-bond acceptors (Lipinski definition) is 7. The number of benzene rings is 2. The Morgan fingerprint density at radius 3 is 2.34 bits per heavy atom. The number of hydrogen-bond donors (Lipinski definition) is 1. The lowest BCUT2D eigenvalue weighted by molar-refractivity contribution is -0.129. The Labute approximate surface area is 191 Å². The number of carbonyl (C=O) groups is 4. The van der Waals surface area contributed by atoms with E-state index < -0.39 is 17.4 Å². The fourth-order valence-electron chi connectivity index (χ4n) is 2.52. The van der Waals surface area contributed by atoms with E-state index in [1.165, 1.54) is 18.9 Å². The number of esters is 2. The second-order valence-corrected chi connectivity index (χ2v) is 9.12. The molecule has 0 saturated heterocycles. The van der Waals surface area contributed by atoms with Crippen LogP contribution < -0.4 is 5.32 Å². The van der Waals surface area contributed by atoms with Crippen LogP contribution in [-0.4, -0.2) is 43.1 Å². The number of thioether (sulfide) groups is 1. The van der Waals surface area contributed by atoms with Crippen LogP contribution in [-0.2, 0) is 19.1 Å². The first-order valence-corrected chi connectivity index (χ1v) is 10.9. The molecule has 0 fully saturated rings. The summed E-state index contributed by atoms with van der Waals surface area (Å²) in [5.74, 6) is -1.56. The fraction of sp³-hybridized carbons (Fsp3) is 0.333. The van der Waals surface area contributed by atoms with Crippen LogP contribution in [0, 0.1) is 12.3 Å². The lowest BCUT2D eigenvalue weighted by atomic mass is 9.91. The van der Waals surface area contributed by atoms with Crippen LogP contribution in [0.3, 0.4) is 0 Å². The Kier molecular flexibility index (Phi) is 8.60. The van der Waals surface area contributed by atoms with Gasteiger partial charge in [0.25, 0.3) is 0 Å². The Balaban J connectivity index is 2.03. The van der Waals surface area contributed by atoms with Crippen molar-refractivity contribution in [3.8, 4) is 0 Å². The molecule has 7 nitrogen and oxygen atoms in total. The fourth-order valence-corrected chi connectivity index (χ4v) is 3.36. The highest BCUT2D eigenvalue weighted by Crippen LogP contribution is 2.25. The molecule has 0 saturated carbocycles. The summed E-state index contributed by atoms with van der Waals surface area (Å²) < 4.78 is 9.88. The van der Waals surface area contributed by atoms with Crippen molar-refractivity contribution in [2.45, 2.75) is 32.6 Å². The van der Waals surface area contributed by atoms with Crippen molar-refractivity contribution in [1.82, 2.24) is 0 Å². The van der Waals surface area contributed by atoms with Crippen LogP contribution >= 0.6 is 11.8 Å². The molecular weight excluding hydrogens is 430 g/mol. The van der Waals surface area contributed by atoms with Gasteiger partial charge in [0.05, 0.1) is 24.0 Å². The monoisotopic (exact) mass is 457 g/mol. The van der Waals surface area contributed by atoms with Crippen molar-refractivity contribution in [1.29, 1.82) is 0 Å². The number of rotatable bonds is 8. The SMILES string of the molecule is COC(=O)c1ccc(C)c(NC(=O)CSc2ccccc2C(=O)OCC(=O)C(C)(C)C)c1. The molecule has 1 N–H and O–H groups in total. The molecule has 0 unspecified atom stereocenters. The average Bonchev–Trinajstić information content (AvgIpc) is 2.76. The summed E-state index contributed by atoms with van der Waals surface area (Å²) in [6.07, 6.45) is 0. The first-order chi connectivity index (χ1) is 15.0. The van der Waals surface area contributed by atoms with Gasteiger partial charge in [0.15, 0.2) is 12.4 Å². The predicted octanol–water partition coefficient (Wildman–Crippen LogP) is 4.28. The van der Waals surface area contributed by atoms with Gasteiger partial charge in [-0.05, 0) is 36.8 Å². The van der Waals surface area contributed by atoms with Crippen molar-refractivity contribution in [3.63, 3.8) is 0 Å². The number of amides is 1. The highest BCUT2D eigenvalue weighted by Gasteiger charge is 2.23. The molecule has 0 heterocycles. The summed E-state index contributed by atoms with van der Waals surface area (Å²) in [6.45, 7) is 6.78. The molecule has 0 atom stereocenters. The second-order valence-electron chi connectivity index (χ2n) is 8.10. The van der Waals surface area contributed by atoms with Gasteiger partial charge >= 0.3 is 11.9 Å². The molecule has 0 aliphatic rings. The van der Waals surface area contributed by atoms with Gasteiger partial charge in [-0.15, -0.1) is 11.8 Å². The molecule has 0 aliphatic carbocycles. The van der Waals surface area contributed by atoms with Crippen molar-refractivity contribution in [2.24, 2.45) is 5.41 Å². The number of aryl methyl sites for hydroxylation is 1. The number of Topliss-reactive ketones (excluding diaryl/α,β-unsaturated/α-hetero) is 1. The van der Waals surface area contributed by atoms with E-state index in [0.29, 0.717) is 16.1 Å². The van der Waals surface area contributed by atoms with E-state index in [-0.39, 0.29) is 29.6 Å². The molecule has 170 valence electrons. The average molecular weight is 458 g/mol. The number of ether oxygens (including phenoxy) is 2. The van der Waals surface area contributed by atoms with Crippen LogP contribution in [0.25, 0.3) is 0 Å². The zero-order chi connectivity index (χ0) is 23.9. The Morgan fingerprint density at radius 2 is 1.69 bits per heavy atom. The normalized spacial score (nSPS) is 10.9. The lowest BCUT2D eigenvalue weighted by Crippen LogP contribution is -2.26. The second kappa shape index (κ2) is 10.9. The first-order valence-electron chi connectivity index (χ1n) is 9.94. The molecule has 2 rings (SSSR count). The zero-order valence-electron chi connectivity index (χ0n) is 18.8. The molecule has 0 bridgehead atoms. The Hall–Kier alpha value is -3.13. The van der Waals surface area contributed by atoms with E-state index in [4.69, 9.17) is 9.47 Å². The third-order valence-corrected chi connectivity index (χ3v) is 5.64. The minimum Gasteiger partial charge on any atom is -0.465 e. The summed E-state index contributed by atoms with van der Waals surface area (Å²) in [7, 11) is 1.29. The minimum absolute atomic E-state index is 0.0348. The third-order valence-electron chi connectivity index (χ3n) is 4.57. The summed E-state index contributed by atoms with van der Waals surface area (Å²) in [6, 6.07) is 11.6. The van der Waals surface area contributed by atoms with Crippen molar-refractivity contribution >= 4 is 41.1 Å². The molecule has 0 radical (unpaired) electrons. The summed E-state index contributed by atoms with van der Waals surface area (Å²) >= 11 is 1.17. The van der Waals surface area contributed by atoms with E-state index >= 15 is 0 Å². The van der Waals surface area contributed by atoms with Gasteiger partial charge in [-0.1, -0.05) is 39.0 Å². The molecule has 32 heavy (non-hydrogen) atoms. The van der Waals surface area contributed by atoms with E-state index in [1.54, 1.807) is 63.2 Å². The van der Waals surface area contributed by atoms with Crippen LogP contribution in [0.1, 0.15) is 47.1 Å². The third kappa shape index (κ3) is 6.95. The quantitative estimate of drug-likeness (QED) is 0.466. The van der Waals surface area contributed by atoms with Gasteiger partial charge in [0, 0.05) is 16.0 Å². The summed E-state index contributed by atoms with van der Waals surface area (Å²) in [4.78, 5) is 49.3. The number of methoxy groups -OCH3 is 1. The van der Waals surface area contributed by atoms with Crippen molar-refractivity contribution in [2.75, 3.05) is 24.8 Å². The van der Waals surface area contributed by atoms with E-state index in [2.05, 4.69) is 5.32 Å². The molecule has 0 aliphatic heterocycles. The highest BCUT2D eigenvalue weighted by atomic mass is 32.2. The Morgan fingerprint density at radius 1 is 1.00 bits per heavy atom. The molecule has 8 heteroatoms. The smallest absolute Gasteiger partial charge is 0.339 e. The maximum Gasteiger partial charge on any atom is 0.339 e. The molecule has 0 aromatic heterocycles. The standard InChI is InChI=1S/C24H27NO6S/c1-15-10-11-16(22(28)30-5)12-18(15)25-21(27)14-32-19-9-7-6-8-17(19)23(29)31-13-20(26)24(2,3)4/h6-12H,13-14H2,1-5H3,(H,25,27). The van der Waals surface area contributed by atoms with Crippen molar-refractivity contribution < 1.29 is 28.7 Å². The van der Waals surface area contributed by atoms with Crippen LogP contribution in [0.15, 0.2) is 47.4 Å². The van der Waals surface area contributed by atoms with Crippen molar-refractivity contribution in [3.05, 3.63) is 59.2 Å². The molecular formula is C24H27NO6S. The van der Waals surface area contributed by atoms with Crippen LogP contribution in [0.5, 0.6) is 0 Å². The number of nitrogens with one attached hydrogen (secondary N) is 1. The number of carbonyl (C=O) groups excluding carboxylic acids is 4. The minimum atomic E-state index is -0.618. The predicted molar refractivity (Wildman–Crippen MR) is 123 cm³/mol. The molecule has 2 aromatic rings. The highest BCUT2D eigenvalue weighted by molar-refractivity contribution is 8.00. The van der Waals surface area contributed by atoms with Crippen LogP contribution in [0.4, 0.5) is 5.69 Å². The Bertz CT molecular complexity index is 1030. The molecule has 1 amide bonds. The number of ketones is 1. The van der Waals surface area contributed by atoms with Gasteiger partial charge in [0.1, 0.15) is 0 Å². The van der Waals surface area contributed by atoms with Gasteiger partial charge in [-0.2, -0.15) is 0 Å².